The highest BCUT2D eigenvalue weighted by molar-refractivity contribution is 7.98. The van der Waals surface area contributed by atoms with Crippen molar-refractivity contribution in [2.75, 3.05) is 0 Å². The van der Waals surface area contributed by atoms with Crippen molar-refractivity contribution in [1.82, 2.24) is 9.55 Å². The van der Waals surface area contributed by atoms with Gasteiger partial charge in [0.2, 0.25) is 5.91 Å². The first-order valence-corrected chi connectivity index (χ1v) is 8.43. The summed E-state index contributed by atoms with van der Waals surface area (Å²) in [6.45, 7) is 0. The predicted molar refractivity (Wildman–Crippen MR) is 95.0 cm³/mol. The molecule has 1 aromatic heterocycles. The van der Waals surface area contributed by atoms with E-state index in [0.717, 1.165) is 11.3 Å². The first-order valence-electron chi connectivity index (χ1n) is 7.44. The number of primary amides is 1. The summed E-state index contributed by atoms with van der Waals surface area (Å²) < 4.78 is 1.62. The number of aromatic carboxylic acids is 1. The molecule has 25 heavy (non-hydrogen) atoms. The van der Waals surface area contributed by atoms with E-state index >= 15 is 0 Å². The summed E-state index contributed by atoms with van der Waals surface area (Å²) in [7, 11) is 0. The number of thioether (sulfide) groups is 1. The SMILES string of the molecule is NC(=O)c1ccc(CSc2ncc(C(=O)O)n2-c2ccccc2)cc1. The Kier molecular flexibility index (Phi) is 4.85. The Bertz CT molecular complexity index is 905. The average Bonchev–Trinajstić information content (AvgIpc) is 3.05. The van der Waals surface area contributed by atoms with Crippen LogP contribution in [0.2, 0.25) is 0 Å². The largest absolute Gasteiger partial charge is 0.477 e. The molecule has 126 valence electrons. The van der Waals surface area contributed by atoms with E-state index in [0.29, 0.717) is 16.5 Å². The molecule has 0 saturated carbocycles. The summed E-state index contributed by atoms with van der Waals surface area (Å²) in [4.78, 5) is 26.8. The molecular formula is C18H15N3O3S. The number of amides is 1. The molecule has 0 aliphatic rings. The number of nitrogens with two attached hydrogens (primary N) is 1. The number of nitrogens with zero attached hydrogens (tertiary/aromatic N) is 2. The van der Waals surface area contributed by atoms with Gasteiger partial charge in [-0.15, -0.1) is 0 Å². The van der Waals surface area contributed by atoms with Crippen LogP contribution in [0.25, 0.3) is 5.69 Å². The van der Waals surface area contributed by atoms with Crippen molar-refractivity contribution in [3.8, 4) is 5.69 Å². The maximum Gasteiger partial charge on any atom is 0.354 e. The van der Waals surface area contributed by atoms with Gasteiger partial charge in [0, 0.05) is 17.0 Å². The second-order valence-electron chi connectivity index (χ2n) is 5.25. The molecule has 3 N–H and O–H groups in total. The molecule has 0 bridgehead atoms. The van der Waals surface area contributed by atoms with Crippen molar-refractivity contribution in [2.45, 2.75) is 10.9 Å². The molecule has 0 unspecified atom stereocenters. The summed E-state index contributed by atoms with van der Waals surface area (Å²) in [5.74, 6) is -0.916. The molecule has 0 radical (unpaired) electrons. The normalized spacial score (nSPS) is 10.6. The molecule has 0 aliphatic carbocycles. The number of carbonyl (C=O) groups is 2. The monoisotopic (exact) mass is 353 g/mol. The van der Waals surface area contributed by atoms with Gasteiger partial charge in [-0.05, 0) is 29.8 Å². The quantitative estimate of drug-likeness (QED) is 0.664. The summed E-state index contributed by atoms with van der Waals surface area (Å²) in [6.07, 6.45) is 1.36. The van der Waals surface area contributed by atoms with Gasteiger partial charge in [0.15, 0.2) is 10.9 Å². The van der Waals surface area contributed by atoms with Crippen molar-refractivity contribution >= 4 is 23.6 Å². The number of imidazole rings is 1. The van der Waals surface area contributed by atoms with Crippen molar-refractivity contribution < 1.29 is 14.7 Å². The number of carbonyl (C=O) groups excluding carboxylic acids is 1. The van der Waals surface area contributed by atoms with Gasteiger partial charge in [0.1, 0.15) is 0 Å². The molecule has 1 heterocycles. The summed E-state index contributed by atoms with van der Waals surface area (Å²) >= 11 is 1.42. The first kappa shape index (κ1) is 16.8. The van der Waals surface area contributed by atoms with Crippen LogP contribution in [0.4, 0.5) is 0 Å². The van der Waals surface area contributed by atoms with Gasteiger partial charge >= 0.3 is 5.97 Å². The maximum atomic E-state index is 11.5. The van der Waals surface area contributed by atoms with Crippen molar-refractivity contribution in [1.29, 1.82) is 0 Å². The minimum Gasteiger partial charge on any atom is -0.477 e. The van der Waals surface area contributed by atoms with Crippen LogP contribution in [-0.2, 0) is 5.75 Å². The van der Waals surface area contributed by atoms with Crippen LogP contribution in [0.15, 0.2) is 66.0 Å². The molecule has 7 heteroatoms. The van der Waals surface area contributed by atoms with Gasteiger partial charge in [-0.25, -0.2) is 9.78 Å². The highest BCUT2D eigenvalue weighted by Crippen LogP contribution is 2.26. The minimum absolute atomic E-state index is 0.109. The third-order valence-electron chi connectivity index (χ3n) is 3.57. The van der Waals surface area contributed by atoms with Crippen LogP contribution < -0.4 is 5.73 Å². The van der Waals surface area contributed by atoms with Crippen molar-refractivity contribution in [2.24, 2.45) is 5.73 Å². The third kappa shape index (κ3) is 3.72. The Labute approximate surface area is 148 Å². The molecular weight excluding hydrogens is 338 g/mol. The van der Waals surface area contributed by atoms with Crippen LogP contribution in [0.5, 0.6) is 0 Å². The predicted octanol–water partition coefficient (Wildman–Crippen LogP) is 2.96. The van der Waals surface area contributed by atoms with E-state index in [9.17, 15) is 14.7 Å². The second-order valence-corrected chi connectivity index (χ2v) is 6.19. The molecule has 0 spiro atoms. The van der Waals surface area contributed by atoms with Crippen LogP contribution in [0.3, 0.4) is 0 Å². The molecule has 3 aromatic rings. The van der Waals surface area contributed by atoms with Gasteiger partial charge in [0.05, 0.1) is 6.20 Å². The molecule has 6 nitrogen and oxygen atoms in total. The standard InChI is InChI=1S/C18H15N3O3S/c19-16(22)13-8-6-12(7-9-13)11-25-18-20-10-15(17(23)24)21(18)14-4-2-1-3-5-14/h1-10H,11H2,(H2,19,22)(H,23,24). The number of aromatic nitrogens is 2. The lowest BCUT2D eigenvalue weighted by Gasteiger charge is -2.10. The van der Waals surface area contributed by atoms with E-state index in [-0.39, 0.29) is 5.69 Å². The molecule has 2 aromatic carbocycles. The molecule has 1 amide bonds. The maximum absolute atomic E-state index is 11.5. The Morgan fingerprint density at radius 1 is 1.08 bits per heavy atom. The number of hydrogen-bond donors (Lipinski definition) is 2. The first-order chi connectivity index (χ1) is 12.1. The van der Waals surface area contributed by atoms with Gasteiger partial charge in [0.25, 0.3) is 0 Å². The van der Waals surface area contributed by atoms with Crippen LogP contribution >= 0.6 is 11.8 Å². The zero-order chi connectivity index (χ0) is 17.8. The topological polar surface area (TPSA) is 98.2 Å². The van der Waals surface area contributed by atoms with Gasteiger partial charge in [-0.1, -0.05) is 42.1 Å². The lowest BCUT2D eigenvalue weighted by atomic mass is 10.1. The van der Waals surface area contributed by atoms with E-state index in [2.05, 4.69) is 4.98 Å². The van der Waals surface area contributed by atoms with E-state index in [1.54, 1.807) is 16.7 Å². The fourth-order valence-corrected chi connectivity index (χ4v) is 3.28. The Morgan fingerprint density at radius 3 is 2.36 bits per heavy atom. The second kappa shape index (κ2) is 7.23. The molecule has 0 saturated heterocycles. The number of benzene rings is 2. The smallest absolute Gasteiger partial charge is 0.354 e. The summed E-state index contributed by atoms with van der Waals surface area (Å²) in [5, 5.41) is 9.98. The van der Waals surface area contributed by atoms with E-state index in [1.807, 2.05) is 42.5 Å². The minimum atomic E-state index is -1.03. The van der Waals surface area contributed by atoms with Crippen molar-refractivity contribution in [3.05, 3.63) is 77.6 Å². The zero-order valence-electron chi connectivity index (χ0n) is 13.1. The third-order valence-corrected chi connectivity index (χ3v) is 4.59. The number of rotatable bonds is 6. The number of carboxylic acids is 1. The average molecular weight is 353 g/mol. The summed E-state index contributed by atoms with van der Waals surface area (Å²) in [6, 6.07) is 16.2. The molecule has 0 aliphatic heterocycles. The highest BCUT2D eigenvalue weighted by atomic mass is 32.2. The van der Waals surface area contributed by atoms with Gasteiger partial charge in [-0.2, -0.15) is 0 Å². The zero-order valence-corrected chi connectivity index (χ0v) is 13.9. The van der Waals surface area contributed by atoms with Gasteiger partial charge < -0.3 is 10.8 Å². The summed E-state index contributed by atoms with van der Waals surface area (Å²) in [5.41, 5.74) is 7.51. The Hall–Kier alpha value is -3.06. The lowest BCUT2D eigenvalue weighted by molar-refractivity contribution is 0.0687. The van der Waals surface area contributed by atoms with E-state index in [1.165, 1.54) is 18.0 Å². The van der Waals surface area contributed by atoms with Gasteiger partial charge in [-0.3, -0.25) is 9.36 Å². The van der Waals surface area contributed by atoms with E-state index < -0.39 is 11.9 Å². The fraction of sp³-hybridized carbons (Fsp3) is 0.0556. The van der Waals surface area contributed by atoms with Crippen LogP contribution in [-0.4, -0.2) is 26.5 Å². The Morgan fingerprint density at radius 2 is 1.76 bits per heavy atom. The molecule has 0 fully saturated rings. The Balaban J connectivity index is 1.85. The van der Waals surface area contributed by atoms with Crippen molar-refractivity contribution in [3.63, 3.8) is 0 Å². The van der Waals surface area contributed by atoms with E-state index in [4.69, 9.17) is 5.73 Å². The lowest BCUT2D eigenvalue weighted by Crippen LogP contribution is -2.10. The van der Waals surface area contributed by atoms with Crippen LogP contribution in [0, 0.1) is 0 Å². The van der Waals surface area contributed by atoms with Crippen LogP contribution in [0.1, 0.15) is 26.4 Å². The number of hydrogen-bond acceptors (Lipinski definition) is 4. The number of para-hydroxylation sites is 1. The fourth-order valence-electron chi connectivity index (χ4n) is 2.33. The number of carboxylic acid groups (broad SMARTS) is 1. The highest BCUT2D eigenvalue weighted by Gasteiger charge is 2.17. The molecule has 0 atom stereocenters. The molecule has 3 rings (SSSR count).